The van der Waals surface area contributed by atoms with Crippen molar-refractivity contribution >= 4 is 17.3 Å². The molecule has 0 unspecified atom stereocenters. The highest BCUT2D eigenvalue weighted by Gasteiger charge is 2.24. The topological polar surface area (TPSA) is 49.4 Å². The second-order valence-corrected chi connectivity index (χ2v) is 4.75. The maximum absolute atomic E-state index is 11.8. The lowest BCUT2D eigenvalue weighted by atomic mass is 9.93. The average Bonchev–Trinajstić information content (AvgIpc) is 2.48. The average molecular weight is 272 g/mol. The van der Waals surface area contributed by atoms with Crippen molar-refractivity contribution in [2.24, 2.45) is 0 Å². The maximum Gasteiger partial charge on any atom is 0.233 e. The van der Waals surface area contributed by atoms with E-state index in [1.807, 2.05) is 12.1 Å². The van der Waals surface area contributed by atoms with Gasteiger partial charge in [0.15, 0.2) is 0 Å². The molecule has 1 aliphatic rings. The Morgan fingerprint density at radius 3 is 2.35 bits per heavy atom. The zero-order valence-corrected chi connectivity index (χ0v) is 12.0. The van der Waals surface area contributed by atoms with Gasteiger partial charge in [-0.15, -0.1) is 0 Å². The van der Waals surface area contributed by atoms with Crippen molar-refractivity contribution in [2.45, 2.75) is 13.8 Å². The van der Waals surface area contributed by atoms with E-state index in [4.69, 9.17) is 0 Å². The maximum atomic E-state index is 11.8. The Morgan fingerprint density at radius 1 is 1.05 bits per heavy atom. The van der Waals surface area contributed by atoms with Crippen molar-refractivity contribution in [3.63, 3.8) is 0 Å². The molecular formula is C16H20N2O2. The van der Waals surface area contributed by atoms with Crippen LogP contribution in [0.3, 0.4) is 0 Å². The lowest BCUT2D eigenvalue weighted by molar-refractivity contribution is -0.111. The van der Waals surface area contributed by atoms with E-state index in [0.717, 1.165) is 37.4 Å². The molecule has 0 heterocycles. The minimum Gasteiger partial charge on any atom is -0.383 e. The molecule has 2 rings (SSSR count). The van der Waals surface area contributed by atoms with Crippen LogP contribution >= 0.6 is 0 Å². The van der Waals surface area contributed by atoms with Gasteiger partial charge in [0.1, 0.15) is 0 Å². The Kier molecular flexibility index (Phi) is 4.69. The number of rotatable bonds is 6. The molecule has 4 nitrogen and oxygen atoms in total. The Morgan fingerprint density at radius 2 is 1.70 bits per heavy atom. The molecule has 106 valence electrons. The van der Waals surface area contributed by atoms with Crippen LogP contribution in [0.25, 0.3) is 5.70 Å². The summed E-state index contributed by atoms with van der Waals surface area (Å²) in [4.78, 5) is 25.8. The molecule has 0 amide bonds. The highest BCUT2D eigenvalue weighted by Crippen LogP contribution is 2.22. The normalized spacial score (nSPS) is 14.2. The molecule has 1 aromatic carbocycles. The van der Waals surface area contributed by atoms with Crippen LogP contribution < -0.4 is 5.32 Å². The summed E-state index contributed by atoms with van der Waals surface area (Å²) in [5, 5.41) is 3.27. The van der Waals surface area contributed by atoms with Crippen LogP contribution in [0.5, 0.6) is 0 Å². The monoisotopic (exact) mass is 272 g/mol. The summed E-state index contributed by atoms with van der Waals surface area (Å²) >= 11 is 0. The van der Waals surface area contributed by atoms with Gasteiger partial charge in [-0.1, -0.05) is 38.1 Å². The van der Waals surface area contributed by atoms with Crippen LogP contribution in [0.15, 0.2) is 30.3 Å². The third-order valence-corrected chi connectivity index (χ3v) is 3.60. The molecule has 0 spiro atoms. The smallest absolute Gasteiger partial charge is 0.233 e. The summed E-state index contributed by atoms with van der Waals surface area (Å²) < 4.78 is 0. The minimum absolute atomic E-state index is 0.421. The predicted octanol–water partition coefficient (Wildman–Crippen LogP) is 1.72. The van der Waals surface area contributed by atoms with E-state index in [1.165, 1.54) is 6.08 Å². The van der Waals surface area contributed by atoms with Crippen LogP contribution in [0.1, 0.15) is 29.8 Å². The first kappa shape index (κ1) is 14.5. The molecule has 4 heteroatoms. The van der Waals surface area contributed by atoms with E-state index in [0.29, 0.717) is 5.56 Å². The molecule has 0 aromatic heterocycles. The van der Waals surface area contributed by atoms with Crippen molar-refractivity contribution in [1.82, 2.24) is 10.2 Å². The van der Waals surface area contributed by atoms with Gasteiger partial charge in [-0.3, -0.25) is 9.59 Å². The summed E-state index contributed by atoms with van der Waals surface area (Å²) in [6.45, 7) is 7.93. The van der Waals surface area contributed by atoms with Gasteiger partial charge in [0.05, 0.1) is 0 Å². The quantitative estimate of drug-likeness (QED) is 0.801. The lowest BCUT2D eigenvalue weighted by Crippen LogP contribution is -2.32. The number of benzene rings is 1. The third-order valence-electron chi connectivity index (χ3n) is 3.60. The van der Waals surface area contributed by atoms with Gasteiger partial charge in [-0.25, -0.2) is 0 Å². The SMILES string of the molecule is CCN(CC)CCNC1=CC(=O)C(=O)c2ccccc21. The van der Waals surface area contributed by atoms with Crippen molar-refractivity contribution in [3.05, 3.63) is 41.5 Å². The van der Waals surface area contributed by atoms with E-state index < -0.39 is 11.6 Å². The second-order valence-electron chi connectivity index (χ2n) is 4.75. The van der Waals surface area contributed by atoms with Crippen LogP contribution in [-0.4, -0.2) is 42.6 Å². The molecule has 0 fully saturated rings. The minimum atomic E-state index is -0.450. The molecule has 20 heavy (non-hydrogen) atoms. The molecule has 0 radical (unpaired) electrons. The molecule has 0 bridgehead atoms. The van der Waals surface area contributed by atoms with E-state index >= 15 is 0 Å². The third kappa shape index (κ3) is 2.96. The molecule has 0 atom stereocenters. The number of carbonyl (C=O) groups is 2. The Hall–Kier alpha value is -1.94. The Bertz CT molecular complexity index is 545. The highest BCUT2D eigenvalue weighted by molar-refractivity contribution is 6.50. The van der Waals surface area contributed by atoms with Crippen molar-refractivity contribution in [1.29, 1.82) is 0 Å². The van der Waals surface area contributed by atoms with Gasteiger partial charge in [-0.2, -0.15) is 0 Å². The number of carbonyl (C=O) groups excluding carboxylic acids is 2. The molecule has 1 aromatic rings. The van der Waals surface area contributed by atoms with Gasteiger partial charge in [-0.05, 0) is 13.1 Å². The largest absolute Gasteiger partial charge is 0.383 e. The number of likely N-dealkylation sites (N-methyl/N-ethyl adjacent to an activating group) is 1. The summed E-state index contributed by atoms with van der Waals surface area (Å²) in [5.74, 6) is -0.871. The van der Waals surface area contributed by atoms with Gasteiger partial charge < -0.3 is 10.2 Å². The first-order chi connectivity index (χ1) is 9.67. The molecule has 0 saturated carbocycles. The molecule has 1 N–H and O–H groups in total. The predicted molar refractivity (Wildman–Crippen MR) is 79.5 cm³/mol. The van der Waals surface area contributed by atoms with Gasteiger partial charge in [0.25, 0.3) is 0 Å². The molecule has 0 saturated heterocycles. The van der Waals surface area contributed by atoms with E-state index in [2.05, 4.69) is 24.1 Å². The Labute approximate surface area is 119 Å². The molecule has 0 aliphatic heterocycles. The first-order valence-corrected chi connectivity index (χ1v) is 7.03. The van der Waals surface area contributed by atoms with Crippen molar-refractivity contribution in [3.8, 4) is 0 Å². The number of hydrogen-bond acceptors (Lipinski definition) is 4. The first-order valence-electron chi connectivity index (χ1n) is 7.03. The van der Waals surface area contributed by atoms with Crippen LogP contribution in [0, 0.1) is 0 Å². The fourth-order valence-corrected chi connectivity index (χ4v) is 2.36. The number of nitrogens with zero attached hydrogens (tertiary/aromatic N) is 1. The van der Waals surface area contributed by atoms with Gasteiger partial charge >= 0.3 is 0 Å². The number of nitrogens with one attached hydrogen (secondary N) is 1. The Balaban J connectivity index is 2.10. The number of ketones is 2. The number of Topliss-reactive ketones (excluding diaryl/α,β-unsaturated/α-hetero) is 1. The summed E-state index contributed by atoms with van der Waals surface area (Å²) in [6, 6.07) is 7.23. The number of allylic oxidation sites excluding steroid dienone is 1. The van der Waals surface area contributed by atoms with E-state index in [9.17, 15) is 9.59 Å². The van der Waals surface area contributed by atoms with Crippen molar-refractivity contribution < 1.29 is 9.59 Å². The molecule has 1 aliphatic carbocycles. The number of fused-ring (bicyclic) bond motifs is 1. The fraction of sp³-hybridized carbons (Fsp3) is 0.375. The van der Waals surface area contributed by atoms with Crippen LogP contribution in [-0.2, 0) is 4.79 Å². The van der Waals surface area contributed by atoms with Gasteiger partial charge in [0, 0.05) is 36.0 Å². The van der Waals surface area contributed by atoms with Gasteiger partial charge in [0.2, 0.25) is 11.6 Å². The van der Waals surface area contributed by atoms with E-state index in [1.54, 1.807) is 12.1 Å². The van der Waals surface area contributed by atoms with Crippen LogP contribution in [0.4, 0.5) is 0 Å². The zero-order valence-electron chi connectivity index (χ0n) is 12.0. The fourth-order valence-electron chi connectivity index (χ4n) is 2.36. The van der Waals surface area contributed by atoms with Crippen molar-refractivity contribution in [2.75, 3.05) is 26.2 Å². The molecular weight excluding hydrogens is 252 g/mol. The van der Waals surface area contributed by atoms with E-state index in [-0.39, 0.29) is 0 Å². The summed E-state index contributed by atoms with van der Waals surface area (Å²) in [5.41, 5.74) is 2.05. The number of hydrogen-bond donors (Lipinski definition) is 1. The summed E-state index contributed by atoms with van der Waals surface area (Å²) in [6.07, 6.45) is 1.41. The standard InChI is InChI=1S/C16H20N2O2/c1-3-18(4-2)10-9-17-14-11-15(19)16(20)13-8-6-5-7-12(13)14/h5-8,11,17H,3-4,9-10H2,1-2H3. The highest BCUT2D eigenvalue weighted by atomic mass is 16.2. The van der Waals surface area contributed by atoms with Crippen LogP contribution in [0.2, 0.25) is 0 Å². The zero-order chi connectivity index (χ0) is 14.5. The lowest BCUT2D eigenvalue weighted by Gasteiger charge is -2.21. The second kappa shape index (κ2) is 6.48. The summed E-state index contributed by atoms with van der Waals surface area (Å²) in [7, 11) is 0.